The lowest BCUT2D eigenvalue weighted by Crippen LogP contribution is -2.24. The third-order valence-corrected chi connectivity index (χ3v) is 1.73. The average molecular weight is 237 g/mol. The van der Waals surface area contributed by atoms with E-state index in [1.165, 1.54) is 12.1 Å². The van der Waals surface area contributed by atoms with Crippen LogP contribution in [0.5, 0.6) is 0 Å². The summed E-state index contributed by atoms with van der Waals surface area (Å²) in [6.07, 6.45) is 0. The number of esters is 1. The fourth-order valence-corrected chi connectivity index (χ4v) is 1.12. The van der Waals surface area contributed by atoms with E-state index in [9.17, 15) is 9.18 Å². The first-order valence-electron chi connectivity index (χ1n) is 4.91. The van der Waals surface area contributed by atoms with E-state index in [1.54, 1.807) is 20.8 Å². The Balaban J connectivity index is 3.00. The molecule has 0 unspecified atom stereocenters. The normalized spacial score (nSPS) is 10.6. The monoisotopic (exact) mass is 237 g/mol. The van der Waals surface area contributed by atoms with Gasteiger partial charge in [-0.3, -0.25) is 0 Å². The predicted molar refractivity (Wildman–Crippen MR) is 60.4 cm³/mol. The summed E-state index contributed by atoms with van der Waals surface area (Å²) in [5.41, 5.74) is 7.42. The molecule has 0 aliphatic carbocycles. The topological polar surface area (TPSA) is 75.1 Å². The van der Waals surface area contributed by atoms with Gasteiger partial charge in [0.1, 0.15) is 11.4 Å². The molecule has 0 spiro atoms. The van der Waals surface area contributed by atoms with Crippen molar-refractivity contribution >= 4 is 11.7 Å². The lowest BCUT2D eigenvalue weighted by atomic mass is 10.1. The van der Waals surface area contributed by atoms with Crippen LogP contribution in [0.2, 0.25) is 0 Å². The first-order chi connectivity index (χ1) is 7.83. The smallest absolute Gasteiger partial charge is 0.341 e. The van der Waals surface area contributed by atoms with Gasteiger partial charge in [0.2, 0.25) is 0 Å². The SMILES string of the molecule is CC(C)(C)OC(=O)c1ccc(N=[N+]=[N-])cc1F. The van der Waals surface area contributed by atoms with Gasteiger partial charge in [-0.25, -0.2) is 9.18 Å². The highest BCUT2D eigenvalue weighted by Crippen LogP contribution is 2.20. The quantitative estimate of drug-likeness (QED) is 0.340. The largest absolute Gasteiger partial charge is 0.456 e. The van der Waals surface area contributed by atoms with Gasteiger partial charge >= 0.3 is 5.97 Å². The molecule has 6 heteroatoms. The van der Waals surface area contributed by atoms with Gasteiger partial charge in [-0.15, -0.1) is 0 Å². The molecular weight excluding hydrogens is 225 g/mol. The number of carbonyl (C=O) groups excluding carboxylic acids is 1. The van der Waals surface area contributed by atoms with Crippen molar-refractivity contribution in [2.75, 3.05) is 0 Å². The molecule has 1 aromatic rings. The van der Waals surface area contributed by atoms with Crippen LogP contribution in [0.3, 0.4) is 0 Å². The molecule has 0 N–H and O–H groups in total. The number of hydrogen-bond donors (Lipinski definition) is 0. The van der Waals surface area contributed by atoms with Crippen molar-refractivity contribution in [1.82, 2.24) is 0 Å². The maximum atomic E-state index is 13.5. The van der Waals surface area contributed by atoms with Crippen LogP contribution in [-0.4, -0.2) is 11.6 Å². The fraction of sp³-hybridized carbons (Fsp3) is 0.364. The van der Waals surface area contributed by atoms with E-state index in [2.05, 4.69) is 10.0 Å². The molecule has 90 valence electrons. The number of nitrogens with zero attached hydrogens (tertiary/aromatic N) is 3. The van der Waals surface area contributed by atoms with Gasteiger partial charge in [0.05, 0.1) is 5.56 Å². The summed E-state index contributed by atoms with van der Waals surface area (Å²) in [6.45, 7) is 5.07. The van der Waals surface area contributed by atoms with Gasteiger partial charge in [-0.2, -0.15) is 0 Å². The lowest BCUT2D eigenvalue weighted by molar-refractivity contribution is 0.00648. The fourth-order valence-electron chi connectivity index (χ4n) is 1.12. The summed E-state index contributed by atoms with van der Waals surface area (Å²) in [4.78, 5) is 14.1. The second-order valence-electron chi connectivity index (χ2n) is 4.36. The van der Waals surface area contributed by atoms with Crippen LogP contribution in [0.25, 0.3) is 10.4 Å². The van der Waals surface area contributed by atoms with Crippen molar-refractivity contribution < 1.29 is 13.9 Å². The van der Waals surface area contributed by atoms with E-state index in [1.807, 2.05) is 0 Å². The highest BCUT2D eigenvalue weighted by molar-refractivity contribution is 5.90. The molecule has 0 heterocycles. The van der Waals surface area contributed by atoms with E-state index < -0.39 is 17.4 Å². The van der Waals surface area contributed by atoms with Crippen molar-refractivity contribution in [3.8, 4) is 0 Å². The Morgan fingerprint density at radius 1 is 1.47 bits per heavy atom. The maximum absolute atomic E-state index is 13.5. The van der Waals surface area contributed by atoms with E-state index >= 15 is 0 Å². The van der Waals surface area contributed by atoms with Crippen LogP contribution < -0.4 is 0 Å². The Hall–Kier alpha value is -2.07. The maximum Gasteiger partial charge on any atom is 0.341 e. The van der Waals surface area contributed by atoms with Gasteiger partial charge in [-0.1, -0.05) is 11.2 Å². The Morgan fingerprint density at radius 2 is 2.12 bits per heavy atom. The molecule has 0 fully saturated rings. The minimum Gasteiger partial charge on any atom is -0.456 e. The highest BCUT2D eigenvalue weighted by atomic mass is 19.1. The molecule has 0 radical (unpaired) electrons. The minimum atomic E-state index is -0.774. The number of rotatable bonds is 2. The number of benzene rings is 1. The van der Waals surface area contributed by atoms with Crippen molar-refractivity contribution in [2.24, 2.45) is 5.11 Å². The molecule has 5 nitrogen and oxygen atoms in total. The van der Waals surface area contributed by atoms with E-state index in [-0.39, 0.29) is 11.3 Å². The molecule has 0 saturated heterocycles. The third kappa shape index (κ3) is 3.77. The number of hydrogen-bond acceptors (Lipinski definition) is 3. The highest BCUT2D eigenvalue weighted by Gasteiger charge is 2.20. The third-order valence-electron chi connectivity index (χ3n) is 1.73. The number of halogens is 1. The number of azide groups is 1. The van der Waals surface area contributed by atoms with Crippen molar-refractivity contribution in [2.45, 2.75) is 26.4 Å². The van der Waals surface area contributed by atoms with E-state index in [4.69, 9.17) is 10.3 Å². The average Bonchev–Trinajstić information content (AvgIpc) is 2.15. The Bertz CT molecular complexity index is 488. The van der Waals surface area contributed by atoms with Gasteiger partial charge in [0.15, 0.2) is 0 Å². The Labute approximate surface area is 97.8 Å². The summed E-state index contributed by atoms with van der Waals surface area (Å²) in [5, 5.41) is 3.23. The van der Waals surface area contributed by atoms with E-state index in [0.29, 0.717) is 0 Å². The van der Waals surface area contributed by atoms with Crippen molar-refractivity contribution in [1.29, 1.82) is 0 Å². The van der Waals surface area contributed by atoms with Gasteiger partial charge in [0.25, 0.3) is 0 Å². The molecule has 0 saturated carbocycles. The van der Waals surface area contributed by atoms with Crippen LogP contribution in [0, 0.1) is 5.82 Å². The minimum absolute atomic E-state index is 0.109. The summed E-state index contributed by atoms with van der Waals surface area (Å²) >= 11 is 0. The molecular formula is C11H12FN3O2. The van der Waals surface area contributed by atoms with Crippen LogP contribution >= 0.6 is 0 Å². The molecule has 0 atom stereocenters. The molecule has 1 aromatic carbocycles. The summed E-state index contributed by atoms with van der Waals surface area (Å²) in [7, 11) is 0. The zero-order valence-corrected chi connectivity index (χ0v) is 9.77. The second kappa shape index (κ2) is 4.84. The molecule has 0 aliphatic heterocycles. The van der Waals surface area contributed by atoms with Crippen LogP contribution in [0.4, 0.5) is 10.1 Å². The van der Waals surface area contributed by atoms with Crippen LogP contribution in [-0.2, 0) is 4.74 Å². The molecule has 17 heavy (non-hydrogen) atoms. The predicted octanol–water partition coefficient (Wildman–Crippen LogP) is 3.72. The zero-order valence-electron chi connectivity index (χ0n) is 9.77. The summed E-state index contributed by atoms with van der Waals surface area (Å²) in [6, 6.07) is 3.56. The van der Waals surface area contributed by atoms with Crippen molar-refractivity contribution in [3.05, 3.63) is 40.0 Å². The van der Waals surface area contributed by atoms with Gasteiger partial charge in [0, 0.05) is 10.6 Å². The molecule has 1 rings (SSSR count). The summed E-state index contributed by atoms with van der Waals surface area (Å²) in [5.74, 6) is -1.52. The number of ether oxygens (including phenoxy) is 1. The zero-order chi connectivity index (χ0) is 13.1. The van der Waals surface area contributed by atoms with Crippen molar-refractivity contribution in [3.63, 3.8) is 0 Å². The molecule has 0 aliphatic rings. The second-order valence-corrected chi connectivity index (χ2v) is 4.36. The number of carbonyl (C=O) groups is 1. The van der Waals surface area contributed by atoms with Crippen LogP contribution in [0.1, 0.15) is 31.1 Å². The lowest BCUT2D eigenvalue weighted by Gasteiger charge is -2.19. The molecule has 0 aromatic heterocycles. The van der Waals surface area contributed by atoms with Gasteiger partial charge in [-0.05, 0) is 38.4 Å². The summed E-state index contributed by atoms with van der Waals surface area (Å²) < 4.78 is 18.5. The molecule has 0 amide bonds. The Morgan fingerprint density at radius 3 is 2.59 bits per heavy atom. The van der Waals surface area contributed by atoms with E-state index in [0.717, 1.165) is 6.07 Å². The van der Waals surface area contributed by atoms with Crippen LogP contribution in [0.15, 0.2) is 23.3 Å². The molecule has 0 bridgehead atoms. The van der Waals surface area contributed by atoms with Gasteiger partial charge < -0.3 is 4.74 Å². The first kappa shape index (κ1) is 13.0. The Kier molecular flexibility index (Phi) is 3.70. The standard InChI is InChI=1S/C11H12FN3O2/c1-11(2,3)17-10(16)8-5-4-7(14-15-13)6-9(8)12/h4-6H,1-3H3. The first-order valence-corrected chi connectivity index (χ1v) is 4.91.